The lowest BCUT2D eigenvalue weighted by molar-refractivity contribution is -0.119. The zero-order chi connectivity index (χ0) is 16.2. The third-order valence-corrected chi connectivity index (χ3v) is 4.31. The number of amides is 1. The van der Waals surface area contributed by atoms with Gasteiger partial charge in [-0.2, -0.15) is 0 Å². The van der Waals surface area contributed by atoms with E-state index in [1.807, 2.05) is 33.8 Å². The molecule has 5 nitrogen and oxygen atoms in total. The quantitative estimate of drug-likeness (QED) is 0.871. The molecule has 0 fully saturated rings. The number of rotatable bonds is 6. The van der Waals surface area contributed by atoms with E-state index in [0.717, 1.165) is 21.7 Å². The summed E-state index contributed by atoms with van der Waals surface area (Å²) >= 11 is 0. The van der Waals surface area contributed by atoms with Gasteiger partial charge in [-0.3, -0.25) is 9.10 Å². The number of carbonyl (C=O) groups is 1. The molecule has 0 saturated carbocycles. The number of hydrogen-bond donors (Lipinski definition) is 1. The van der Waals surface area contributed by atoms with Crippen LogP contribution in [-0.4, -0.2) is 33.7 Å². The summed E-state index contributed by atoms with van der Waals surface area (Å²) in [5, 5.41) is 2.74. The summed E-state index contributed by atoms with van der Waals surface area (Å²) in [6.07, 6.45) is 1.11. The lowest BCUT2D eigenvalue weighted by atomic mass is 10.1. The van der Waals surface area contributed by atoms with Crippen LogP contribution in [0.25, 0.3) is 0 Å². The van der Waals surface area contributed by atoms with Gasteiger partial charge in [0.1, 0.15) is 6.54 Å². The van der Waals surface area contributed by atoms with E-state index in [-0.39, 0.29) is 12.5 Å². The van der Waals surface area contributed by atoms with E-state index in [1.54, 1.807) is 12.1 Å². The van der Waals surface area contributed by atoms with Crippen LogP contribution in [0.4, 0.5) is 5.69 Å². The molecule has 21 heavy (non-hydrogen) atoms. The Balaban J connectivity index is 2.97. The Morgan fingerprint density at radius 1 is 1.24 bits per heavy atom. The average molecular weight is 312 g/mol. The van der Waals surface area contributed by atoms with E-state index in [0.29, 0.717) is 18.2 Å². The Morgan fingerprint density at radius 2 is 1.86 bits per heavy atom. The molecule has 0 atom stereocenters. The first-order valence-corrected chi connectivity index (χ1v) is 8.77. The Morgan fingerprint density at radius 3 is 2.33 bits per heavy atom. The molecule has 0 saturated heterocycles. The molecule has 0 aromatic heterocycles. The van der Waals surface area contributed by atoms with E-state index in [2.05, 4.69) is 5.32 Å². The van der Waals surface area contributed by atoms with Crippen molar-refractivity contribution in [3.8, 4) is 0 Å². The number of benzene rings is 1. The second-order valence-electron chi connectivity index (χ2n) is 5.74. The summed E-state index contributed by atoms with van der Waals surface area (Å²) < 4.78 is 25.0. The zero-order valence-electron chi connectivity index (χ0n) is 13.3. The Bertz CT molecular complexity index is 609. The fraction of sp³-hybridized carbons (Fsp3) is 0.533. The van der Waals surface area contributed by atoms with E-state index in [9.17, 15) is 13.2 Å². The molecule has 0 aliphatic heterocycles. The van der Waals surface area contributed by atoms with Crippen molar-refractivity contribution in [1.29, 1.82) is 0 Å². The highest BCUT2D eigenvalue weighted by molar-refractivity contribution is 7.92. The van der Waals surface area contributed by atoms with Crippen LogP contribution in [0.5, 0.6) is 0 Å². The topological polar surface area (TPSA) is 66.5 Å². The van der Waals surface area contributed by atoms with Gasteiger partial charge < -0.3 is 5.32 Å². The minimum Gasteiger partial charge on any atom is -0.354 e. The number of aryl methyl sites for hydroxylation is 2. The molecule has 0 heterocycles. The molecular formula is C15H24N2O3S. The second kappa shape index (κ2) is 6.93. The fourth-order valence-corrected chi connectivity index (χ4v) is 2.63. The number of nitrogens with zero attached hydrogens (tertiary/aromatic N) is 1. The Labute approximate surface area is 127 Å². The maximum atomic E-state index is 11.9. The zero-order valence-corrected chi connectivity index (χ0v) is 14.1. The van der Waals surface area contributed by atoms with E-state index in [1.165, 1.54) is 0 Å². The SMILES string of the molecule is Cc1ccc(N(CC(=O)NCC(C)C)S(C)(=O)=O)cc1C. The molecule has 1 amide bonds. The summed E-state index contributed by atoms with van der Waals surface area (Å²) in [5.41, 5.74) is 2.58. The molecule has 0 aliphatic rings. The smallest absolute Gasteiger partial charge is 0.240 e. The van der Waals surface area contributed by atoms with E-state index < -0.39 is 10.0 Å². The van der Waals surface area contributed by atoms with Gasteiger partial charge in [-0.1, -0.05) is 19.9 Å². The van der Waals surface area contributed by atoms with Crippen LogP contribution in [0, 0.1) is 19.8 Å². The van der Waals surface area contributed by atoms with Gasteiger partial charge in [-0.15, -0.1) is 0 Å². The van der Waals surface area contributed by atoms with Crippen molar-refractivity contribution in [2.24, 2.45) is 5.92 Å². The molecule has 0 unspecified atom stereocenters. The van der Waals surface area contributed by atoms with Crippen LogP contribution >= 0.6 is 0 Å². The molecule has 0 bridgehead atoms. The maximum absolute atomic E-state index is 11.9. The first kappa shape index (κ1) is 17.5. The van der Waals surface area contributed by atoms with Crippen molar-refractivity contribution in [3.63, 3.8) is 0 Å². The van der Waals surface area contributed by atoms with Crippen molar-refractivity contribution in [1.82, 2.24) is 5.32 Å². The number of sulfonamides is 1. The first-order valence-electron chi connectivity index (χ1n) is 6.93. The molecule has 1 aromatic rings. The fourth-order valence-electron chi connectivity index (χ4n) is 1.79. The molecule has 1 N–H and O–H groups in total. The number of nitrogens with one attached hydrogen (secondary N) is 1. The molecule has 1 aromatic carbocycles. The van der Waals surface area contributed by atoms with Gasteiger partial charge in [0.25, 0.3) is 0 Å². The minimum absolute atomic E-state index is 0.200. The van der Waals surface area contributed by atoms with Gasteiger partial charge >= 0.3 is 0 Å². The number of hydrogen-bond acceptors (Lipinski definition) is 3. The lowest BCUT2D eigenvalue weighted by Gasteiger charge is -2.23. The van der Waals surface area contributed by atoms with Crippen molar-refractivity contribution in [3.05, 3.63) is 29.3 Å². The highest BCUT2D eigenvalue weighted by Gasteiger charge is 2.21. The largest absolute Gasteiger partial charge is 0.354 e. The average Bonchev–Trinajstić information content (AvgIpc) is 2.35. The van der Waals surface area contributed by atoms with Gasteiger partial charge in [0.2, 0.25) is 15.9 Å². The predicted octanol–water partition coefficient (Wildman–Crippen LogP) is 1.84. The highest BCUT2D eigenvalue weighted by Crippen LogP contribution is 2.20. The predicted molar refractivity (Wildman–Crippen MR) is 86.0 cm³/mol. The van der Waals surface area contributed by atoms with Crippen LogP contribution < -0.4 is 9.62 Å². The van der Waals surface area contributed by atoms with E-state index >= 15 is 0 Å². The van der Waals surface area contributed by atoms with Gasteiger partial charge in [-0.25, -0.2) is 8.42 Å². The van der Waals surface area contributed by atoms with Crippen molar-refractivity contribution < 1.29 is 13.2 Å². The Kier molecular flexibility index (Phi) is 5.78. The molecule has 118 valence electrons. The normalized spacial score (nSPS) is 11.5. The van der Waals surface area contributed by atoms with Crippen LogP contribution in [0.3, 0.4) is 0 Å². The van der Waals surface area contributed by atoms with Gasteiger partial charge in [-0.05, 0) is 43.0 Å². The van der Waals surface area contributed by atoms with Crippen LogP contribution in [0.1, 0.15) is 25.0 Å². The minimum atomic E-state index is -3.51. The summed E-state index contributed by atoms with van der Waals surface area (Å²) in [6, 6.07) is 5.36. The molecular weight excluding hydrogens is 288 g/mol. The molecule has 0 radical (unpaired) electrons. The third-order valence-electron chi connectivity index (χ3n) is 3.17. The van der Waals surface area contributed by atoms with Gasteiger partial charge in [0, 0.05) is 6.54 Å². The monoisotopic (exact) mass is 312 g/mol. The summed E-state index contributed by atoms with van der Waals surface area (Å²) in [5.74, 6) is 0.0228. The number of anilines is 1. The highest BCUT2D eigenvalue weighted by atomic mass is 32.2. The van der Waals surface area contributed by atoms with Crippen molar-refractivity contribution in [2.45, 2.75) is 27.7 Å². The molecule has 6 heteroatoms. The van der Waals surface area contributed by atoms with Crippen LogP contribution in [0.15, 0.2) is 18.2 Å². The van der Waals surface area contributed by atoms with Crippen molar-refractivity contribution in [2.75, 3.05) is 23.7 Å². The second-order valence-corrected chi connectivity index (χ2v) is 7.64. The standard InChI is InChI=1S/C15H24N2O3S/c1-11(2)9-16-15(18)10-17(21(5,19)20)14-7-6-12(3)13(4)8-14/h6-8,11H,9-10H2,1-5H3,(H,16,18). The summed E-state index contributed by atoms with van der Waals surface area (Å²) in [6.45, 7) is 8.17. The Hall–Kier alpha value is -1.56. The summed E-state index contributed by atoms with van der Waals surface area (Å²) in [7, 11) is -3.51. The van der Waals surface area contributed by atoms with E-state index in [4.69, 9.17) is 0 Å². The third kappa shape index (κ3) is 5.38. The van der Waals surface area contributed by atoms with Crippen molar-refractivity contribution >= 4 is 21.6 Å². The number of carbonyl (C=O) groups excluding carboxylic acids is 1. The molecule has 0 spiro atoms. The van der Waals surface area contributed by atoms with Gasteiger partial charge in [0.05, 0.1) is 11.9 Å². The maximum Gasteiger partial charge on any atom is 0.240 e. The summed E-state index contributed by atoms with van der Waals surface area (Å²) in [4.78, 5) is 11.9. The molecule has 0 aliphatic carbocycles. The van der Waals surface area contributed by atoms with Gasteiger partial charge in [0.15, 0.2) is 0 Å². The molecule has 1 rings (SSSR count). The van der Waals surface area contributed by atoms with Crippen LogP contribution in [-0.2, 0) is 14.8 Å². The van der Waals surface area contributed by atoms with Crippen LogP contribution in [0.2, 0.25) is 0 Å². The lowest BCUT2D eigenvalue weighted by Crippen LogP contribution is -2.41. The first-order chi connectivity index (χ1) is 9.61.